The Morgan fingerprint density at radius 3 is 3.00 bits per heavy atom. The van der Waals surface area contributed by atoms with Gasteiger partial charge in [0.1, 0.15) is 15.4 Å². The van der Waals surface area contributed by atoms with Crippen molar-refractivity contribution in [2.45, 2.75) is 17.5 Å². The summed E-state index contributed by atoms with van der Waals surface area (Å²) in [6.07, 6.45) is 0. The van der Waals surface area contributed by atoms with E-state index in [0.29, 0.717) is 0 Å². The monoisotopic (exact) mass is 353 g/mol. The quantitative estimate of drug-likeness (QED) is 0.604. The molecule has 0 bridgehead atoms. The lowest BCUT2D eigenvalue weighted by atomic mass is 10.2. The van der Waals surface area contributed by atoms with E-state index in [0.717, 1.165) is 21.6 Å². The first kappa shape index (κ1) is 13.9. The number of benzene rings is 1. The number of nitro groups is 1. The maximum Gasteiger partial charge on any atom is 0.288 e. The van der Waals surface area contributed by atoms with Gasteiger partial charge in [0.05, 0.1) is 4.92 Å². The van der Waals surface area contributed by atoms with Crippen LogP contribution in [-0.2, 0) is 0 Å². The van der Waals surface area contributed by atoms with Crippen LogP contribution in [0.3, 0.4) is 0 Å². The van der Waals surface area contributed by atoms with Crippen molar-refractivity contribution in [1.82, 2.24) is 14.9 Å². The van der Waals surface area contributed by atoms with Crippen LogP contribution in [-0.4, -0.2) is 19.8 Å². The zero-order valence-electron chi connectivity index (χ0n) is 11.1. The number of thioether (sulfide) groups is 2. The molecular weight excluding hydrogens is 346 g/mol. The first-order valence-corrected chi connectivity index (χ1v) is 8.39. The summed E-state index contributed by atoms with van der Waals surface area (Å²) >= 11 is 9.02. The van der Waals surface area contributed by atoms with Crippen molar-refractivity contribution in [3.8, 4) is 0 Å². The first-order chi connectivity index (χ1) is 10.6. The van der Waals surface area contributed by atoms with E-state index in [9.17, 15) is 10.1 Å². The van der Waals surface area contributed by atoms with E-state index in [2.05, 4.69) is 10.2 Å². The van der Waals surface area contributed by atoms with Gasteiger partial charge in [0.2, 0.25) is 5.16 Å². The van der Waals surface area contributed by atoms with Gasteiger partial charge in [-0.1, -0.05) is 29.4 Å². The Bertz CT molecular complexity index is 837. The molecule has 7 nitrogen and oxygen atoms in total. The van der Waals surface area contributed by atoms with Gasteiger partial charge in [0.25, 0.3) is 5.69 Å². The van der Waals surface area contributed by atoms with Crippen LogP contribution in [0.2, 0.25) is 5.02 Å². The molecule has 22 heavy (non-hydrogen) atoms. The minimum Gasteiger partial charge on any atom is -0.258 e. The molecule has 1 aromatic heterocycles. The van der Waals surface area contributed by atoms with Crippen molar-refractivity contribution in [3.63, 3.8) is 0 Å². The maximum atomic E-state index is 11.1. The van der Waals surface area contributed by atoms with Gasteiger partial charge in [0, 0.05) is 11.5 Å². The molecule has 0 amide bonds. The van der Waals surface area contributed by atoms with Crippen LogP contribution in [0, 0.1) is 17.0 Å². The van der Waals surface area contributed by atoms with Crippen molar-refractivity contribution in [3.05, 3.63) is 55.2 Å². The van der Waals surface area contributed by atoms with E-state index in [4.69, 9.17) is 11.6 Å². The Morgan fingerprint density at radius 1 is 1.41 bits per heavy atom. The Balaban J connectivity index is 1.78. The van der Waals surface area contributed by atoms with E-state index < -0.39 is 4.92 Å². The molecule has 0 spiro atoms. The molecule has 0 N–H and O–H groups in total. The average Bonchev–Trinajstić information content (AvgIpc) is 3.12. The Morgan fingerprint density at radius 2 is 2.23 bits per heavy atom. The van der Waals surface area contributed by atoms with Gasteiger partial charge in [-0.05, 0) is 30.3 Å². The summed E-state index contributed by atoms with van der Waals surface area (Å²) in [5.41, 5.74) is 0.731. The molecule has 3 heterocycles. The van der Waals surface area contributed by atoms with Gasteiger partial charge in [-0.15, -0.1) is 10.2 Å². The van der Waals surface area contributed by atoms with E-state index in [1.807, 2.05) is 28.1 Å². The molecule has 0 fully saturated rings. The molecule has 0 radical (unpaired) electrons. The largest absolute Gasteiger partial charge is 0.288 e. The SMILES string of the molecule is Cc1nnc2n1N1C(=CSC1c1ccc(Cl)c([N+](=O)[O-])c1)S2. The molecule has 1 unspecified atom stereocenters. The number of aryl methyl sites for hydroxylation is 1. The van der Waals surface area contributed by atoms with Gasteiger partial charge < -0.3 is 0 Å². The van der Waals surface area contributed by atoms with Gasteiger partial charge >= 0.3 is 0 Å². The van der Waals surface area contributed by atoms with Crippen molar-refractivity contribution in [2.24, 2.45) is 0 Å². The Kier molecular flexibility index (Phi) is 3.10. The number of hydrogen-bond donors (Lipinski definition) is 0. The summed E-state index contributed by atoms with van der Waals surface area (Å²) in [5, 5.41) is 25.2. The number of aromatic nitrogens is 3. The molecule has 2 aliphatic heterocycles. The van der Waals surface area contributed by atoms with Crippen LogP contribution < -0.4 is 5.01 Å². The van der Waals surface area contributed by atoms with E-state index in [-0.39, 0.29) is 16.1 Å². The number of nitrogens with zero attached hydrogens (tertiary/aromatic N) is 5. The van der Waals surface area contributed by atoms with Crippen molar-refractivity contribution in [1.29, 1.82) is 0 Å². The highest BCUT2D eigenvalue weighted by atomic mass is 35.5. The van der Waals surface area contributed by atoms with Crippen molar-refractivity contribution in [2.75, 3.05) is 5.01 Å². The molecule has 0 saturated carbocycles. The minimum absolute atomic E-state index is 0.0826. The summed E-state index contributed by atoms with van der Waals surface area (Å²) in [4.78, 5) is 10.6. The van der Waals surface area contributed by atoms with Crippen LogP contribution >= 0.6 is 35.1 Å². The molecule has 0 aliphatic carbocycles. The Labute approximate surface area is 138 Å². The van der Waals surface area contributed by atoms with Crippen LogP contribution in [0.15, 0.2) is 33.8 Å². The minimum atomic E-state index is -0.464. The van der Waals surface area contributed by atoms with Crippen molar-refractivity contribution < 1.29 is 4.92 Å². The molecule has 2 aliphatic rings. The predicted octanol–water partition coefficient (Wildman–Crippen LogP) is 3.44. The van der Waals surface area contributed by atoms with E-state index in [1.165, 1.54) is 17.8 Å². The predicted molar refractivity (Wildman–Crippen MR) is 85.4 cm³/mol. The highest BCUT2D eigenvalue weighted by Gasteiger charge is 2.39. The van der Waals surface area contributed by atoms with Crippen LogP contribution in [0.4, 0.5) is 5.69 Å². The molecule has 10 heteroatoms. The third-order valence-electron chi connectivity index (χ3n) is 3.38. The Hall–Kier alpha value is -1.71. The van der Waals surface area contributed by atoms with Crippen LogP contribution in [0.5, 0.6) is 0 Å². The lowest BCUT2D eigenvalue weighted by Gasteiger charge is -2.25. The zero-order valence-corrected chi connectivity index (χ0v) is 13.5. The second kappa shape index (κ2) is 4.90. The topological polar surface area (TPSA) is 77.1 Å². The average molecular weight is 354 g/mol. The fourth-order valence-corrected chi connectivity index (χ4v) is 4.86. The third-order valence-corrected chi connectivity index (χ3v) is 5.89. The van der Waals surface area contributed by atoms with Crippen LogP contribution in [0.1, 0.15) is 16.8 Å². The van der Waals surface area contributed by atoms with E-state index in [1.54, 1.807) is 17.8 Å². The zero-order chi connectivity index (χ0) is 15.4. The number of fused-ring (bicyclic) bond motifs is 3. The summed E-state index contributed by atoms with van der Waals surface area (Å²) in [6, 6.07) is 4.90. The number of rotatable bonds is 2. The molecule has 1 atom stereocenters. The standard InChI is InChI=1S/C12H8ClN5O2S2/c1-6-14-15-12-16(6)17-10(22-12)5-21-11(17)7-2-3-8(13)9(4-7)18(19)20/h2-5,11H,1H3. The summed E-state index contributed by atoms with van der Waals surface area (Å²) in [6.45, 7) is 1.88. The van der Waals surface area contributed by atoms with Crippen LogP contribution in [0.25, 0.3) is 0 Å². The van der Waals surface area contributed by atoms with Gasteiger partial charge in [-0.25, -0.2) is 4.68 Å². The molecule has 112 valence electrons. The van der Waals surface area contributed by atoms with Crippen molar-refractivity contribution >= 4 is 40.8 Å². The highest BCUT2D eigenvalue weighted by Crippen LogP contribution is 2.51. The normalized spacial score (nSPS) is 19.1. The third kappa shape index (κ3) is 1.93. The fourth-order valence-electron chi connectivity index (χ4n) is 2.41. The molecule has 4 rings (SSSR count). The lowest BCUT2D eigenvalue weighted by molar-refractivity contribution is -0.384. The fraction of sp³-hybridized carbons (Fsp3) is 0.167. The highest BCUT2D eigenvalue weighted by molar-refractivity contribution is 8.07. The maximum absolute atomic E-state index is 11.1. The summed E-state index contributed by atoms with van der Waals surface area (Å²) in [5.74, 6) is 0.780. The first-order valence-electron chi connectivity index (χ1n) is 6.25. The molecule has 0 saturated heterocycles. The second-order valence-corrected chi connectivity index (χ2v) is 7.05. The molecular formula is C12H8ClN5O2S2. The number of hydrogen-bond acceptors (Lipinski definition) is 7. The number of nitro benzene ring substituents is 1. The lowest BCUT2D eigenvalue weighted by Crippen LogP contribution is -2.30. The van der Waals surface area contributed by atoms with E-state index >= 15 is 0 Å². The molecule has 2 aromatic rings. The number of halogens is 1. The summed E-state index contributed by atoms with van der Waals surface area (Å²) < 4.78 is 1.93. The smallest absolute Gasteiger partial charge is 0.258 e. The second-order valence-electron chi connectivity index (χ2n) is 4.70. The molecule has 1 aromatic carbocycles. The summed E-state index contributed by atoms with van der Waals surface area (Å²) in [7, 11) is 0. The van der Waals surface area contributed by atoms with Gasteiger partial charge in [0.15, 0.2) is 5.82 Å². The van der Waals surface area contributed by atoms with Gasteiger partial charge in [-0.3, -0.25) is 15.1 Å². The van der Waals surface area contributed by atoms with Gasteiger partial charge in [-0.2, -0.15) is 0 Å².